The smallest absolute Gasteiger partial charge is 0.343 e. The van der Waals surface area contributed by atoms with Gasteiger partial charge in [-0.05, 0) is 0 Å². The number of nitrogen functional groups attached to an aromatic ring is 1. The number of anilines is 1. The van der Waals surface area contributed by atoms with Crippen LogP contribution in [0.5, 0.6) is 0 Å². The maximum absolute atomic E-state index is 14.5. The van der Waals surface area contributed by atoms with Crippen LogP contribution in [0.25, 0.3) is 0 Å². The van der Waals surface area contributed by atoms with Crippen molar-refractivity contribution in [1.29, 1.82) is 0 Å². The molecule has 0 atom stereocenters. The van der Waals surface area contributed by atoms with E-state index >= 15 is 0 Å². The van der Waals surface area contributed by atoms with Crippen molar-refractivity contribution in [3.05, 3.63) is 16.4 Å². The molecule has 1 heterocycles. The van der Waals surface area contributed by atoms with Gasteiger partial charge in [-0.25, -0.2) is 4.79 Å². The molecule has 1 rings (SSSR count). The number of halogens is 1. The van der Waals surface area contributed by atoms with Crippen LogP contribution < -0.4 is 16.6 Å². The van der Waals surface area contributed by atoms with E-state index < -0.39 is 27.9 Å². The van der Waals surface area contributed by atoms with E-state index in [1.807, 2.05) is 39.3 Å². The Labute approximate surface area is 103 Å². The first kappa shape index (κ1) is 14.1. The van der Waals surface area contributed by atoms with Crippen molar-refractivity contribution in [2.24, 2.45) is 0 Å². The van der Waals surface area contributed by atoms with E-state index in [2.05, 4.69) is 4.98 Å². The third-order valence-electron chi connectivity index (χ3n) is 2.49. The van der Waals surface area contributed by atoms with Gasteiger partial charge in [-0.15, -0.1) is 0 Å². The van der Waals surface area contributed by atoms with Gasteiger partial charge in [0, 0.05) is 5.19 Å². The fraction of sp³-hybridized carbons (Fsp3) is 0.600. The highest BCUT2D eigenvalue weighted by molar-refractivity contribution is 6.89. The third-order valence-corrected chi connectivity index (χ3v) is 6.18. The molecule has 4 nitrogen and oxygen atoms in total. The van der Waals surface area contributed by atoms with Crippen LogP contribution in [0.4, 0.5) is 10.2 Å². The zero-order valence-electron chi connectivity index (χ0n) is 11.3. The minimum Gasteiger partial charge on any atom is -0.383 e. The summed E-state index contributed by atoms with van der Waals surface area (Å²) < 4.78 is 15.7. The van der Waals surface area contributed by atoms with E-state index in [1.165, 1.54) is 4.23 Å². The zero-order valence-corrected chi connectivity index (χ0v) is 13.3. The molecule has 7 heteroatoms. The summed E-state index contributed by atoms with van der Waals surface area (Å²) in [7, 11) is -4.08. The lowest BCUT2D eigenvalue weighted by Gasteiger charge is -2.26. The number of aromatic nitrogens is 2. The minimum atomic E-state index is -2.12. The van der Waals surface area contributed by atoms with E-state index in [1.54, 1.807) is 0 Å². The van der Waals surface area contributed by atoms with Crippen molar-refractivity contribution >= 4 is 27.3 Å². The normalized spacial score (nSPS) is 12.9. The molecule has 1 aromatic heterocycles. The van der Waals surface area contributed by atoms with Gasteiger partial charge >= 0.3 is 5.69 Å². The van der Waals surface area contributed by atoms with Crippen LogP contribution in [0.15, 0.2) is 4.79 Å². The Morgan fingerprint density at radius 1 is 1.18 bits per heavy atom. The van der Waals surface area contributed by atoms with Crippen LogP contribution in [-0.2, 0) is 0 Å². The minimum absolute atomic E-state index is 0.0566. The maximum Gasteiger partial charge on any atom is 0.343 e. The van der Waals surface area contributed by atoms with Crippen molar-refractivity contribution in [2.45, 2.75) is 39.3 Å². The highest BCUT2D eigenvalue weighted by atomic mass is 28.3. The molecule has 0 aliphatic carbocycles. The average molecular weight is 273 g/mol. The van der Waals surface area contributed by atoms with Gasteiger partial charge in [-0.1, -0.05) is 39.3 Å². The molecule has 0 spiro atoms. The molecule has 0 saturated heterocycles. The zero-order chi connectivity index (χ0) is 13.6. The van der Waals surface area contributed by atoms with Crippen LogP contribution in [-0.4, -0.2) is 25.5 Å². The van der Waals surface area contributed by atoms with Crippen LogP contribution >= 0.6 is 0 Å². The highest BCUT2D eigenvalue weighted by Crippen LogP contribution is 2.12. The number of hydrogen-bond acceptors (Lipinski definition) is 3. The summed E-state index contributed by atoms with van der Waals surface area (Å²) in [5, 5.41) is 0.458. The fourth-order valence-corrected chi connectivity index (χ4v) is 4.78. The predicted molar refractivity (Wildman–Crippen MR) is 74.6 cm³/mol. The molecule has 17 heavy (non-hydrogen) atoms. The standard InChI is InChI=1S/C10H20FN3OSi2/c1-16(2,3)7-8(11)14(17(4,5)6)10(15)13-9(7)12/h1-6H3,(H2,12,13,15). The van der Waals surface area contributed by atoms with Gasteiger partial charge in [-0.2, -0.15) is 9.37 Å². The van der Waals surface area contributed by atoms with Crippen molar-refractivity contribution in [3.8, 4) is 0 Å². The molecule has 0 aliphatic rings. The Kier molecular flexibility index (Phi) is 3.37. The lowest BCUT2D eigenvalue weighted by atomic mass is 10.6. The Morgan fingerprint density at radius 3 is 2.00 bits per heavy atom. The van der Waals surface area contributed by atoms with Crippen molar-refractivity contribution < 1.29 is 4.39 Å². The van der Waals surface area contributed by atoms with Crippen molar-refractivity contribution in [3.63, 3.8) is 0 Å². The predicted octanol–water partition coefficient (Wildman–Crippen LogP) is 1.19. The largest absolute Gasteiger partial charge is 0.383 e. The second-order valence-electron chi connectivity index (χ2n) is 6.20. The Hall–Kier alpha value is -0.956. The average Bonchev–Trinajstić information content (AvgIpc) is 1.94. The topological polar surface area (TPSA) is 60.9 Å². The van der Waals surface area contributed by atoms with E-state index in [4.69, 9.17) is 5.73 Å². The highest BCUT2D eigenvalue weighted by Gasteiger charge is 2.31. The Bertz CT molecular complexity index is 500. The van der Waals surface area contributed by atoms with Crippen LogP contribution in [0.3, 0.4) is 0 Å². The molecule has 0 saturated carbocycles. The second kappa shape index (κ2) is 4.06. The third kappa shape index (κ3) is 2.66. The molecule has 1 aromatic rings. The first-order chi connectivity index (χ1) is 7.46. The molecule has 0 fully saturated rings. The molecule has 2 N–H and O–H groups in total. The lowest BCUT2D eigenvalue weighted by Crippen LogP contribution is -2.53. The second-order valence-corrected chi connectivity index (χ2v) is 16.0. The van der Waals surface area contributed by atoms with Gasteiger partial charge in [0.2, 0.25) is 0 Å². The molecule has 0 unspecified atom stereocenters. The lowest BCUT2D eigenvalue weighted by molar-refractivity contribution is 0.556. The fourth-order valence-electron chi connectivity index (χ4n) is 1.79. The summed E-state index contributed by atoms with van der Waals surface area (Å²) in [6.45, 7) is 11.7. The summed E-state index contributed by atoms with van der Waals surface area (Å²) in [6, 6.07) is 0. The summed E-state index contributed by atoms with van der Waals surface area (Å²) in [5.74, 6) is -0.415. The van der Waals surface area contributed by atoms with Crippen molar-refractivity contribution in [2.75, 3.05) is 5.73 Å². The summed E-state index contributed by atoms with van der Waals surface area (Å²) in [5.41, 5.74) is 5.14. The molecular weight excluding hydrogens is 253 g/mol. The Morgan fingerprint density at radius 2 is 1.65 bits per heavy atom. The molecule has 0 bridgehead atoms. The van der Waals surface area contributed by atoms with Gasteiger partial charge in [0.25, 0.3) is 0 Å². The number of rotatable bonds is 2. The summed E-state index contributed by atoms with van der Waals surface area (Å²) in [4.78, 5) is 15.6. The quantitative estimate of drug-likeness (QED) is 0.650. The molecule has 0 aromatic carbocycles. The molecule has 0 radical (unpaired) electrons. The molecular formula is C10H20FN3OSi2. The molecule has 0 aliphatic heterocycles. The van der Waals surface area contributed by atoms with Gasteiger partial charge in [0.1, 0.15) is 5.82 Å². The number of nitrogens with two attached hydrogens (primary N) is 1. The molecule has 96 valence electrons. The van der Waals surface area contributed by atoms with Gasteiger partial charge in [0.05, 0.1) is 8.07 Å². The monoisotopic (exact) mass is 273 g/mol. The summed E-state index contributed by atoms with van der Waals surface area (Å²) >= 11 is 0. The van der Waals surface area contributed by atoms with Gasteiger partial charge < -0.3 is 5.73 Å². The first-order valence-corrected chi connectivity index (χ1v) is 12.5. The van der Waals surface area contributed by atoms with E-state index in [0.29, 0.717) is 5.19 Å². The molecule has 0 amide bonds. The van der Waals surface area contributed by atoms with E-state index in [9.17, 15) is 9.18 Å². The van der Waals surface area contributed by atoms with Gasteiger partial charge in [0.15, 0.2) is 14.2 Å². The van der Waals surface area contributed by atoms with Gasteiger partial charge in [-0.3, -0.25) is 4.23 Å². The van der Waals surface area contributed by atoms with Crippen LogP contribution in [0.1, 0.15) is 0 Å². The SMILES string of the molecule is C[Si](C)(C)c1c(N)nc(=O)n([Si](C)(C)C)c1F. The number of nitrogens with zero attached hydrogens (tertiary/aromatic N) is 2. The maximum atomic E-state index is 14.5. The first-order valence-electron chi connectivity index (χ1n) is 5.55. The van der Waals surface area contributed by atoms with E-state index in [0.717, 1.165) is 0 Å². The number of hydrogen-bond donors (Lipinski definition) is 1. The van der Waals surface area contributed by atoms with E-state index in [-0.39, 0.29) is 5.82 Å². The van der Waals surface area contributed by atoms with Crippen LogP contribution in [0.2, 0.25) is 39.3 Å². The van der Waals surface area contributed by atoms with Crippen LogP contribution in [0, 0.1) is 5.95 Å². The van der Waals surface area contributed by atoms with Crippen molar-refractivity contribution in [1.82, 2.24) is 9.22 Å². The summed E-state index contributed by atoms with van der Waals surface area (Å²) in [6.07, 6.45) is 0. The Balaban J connectivity index is 3.74.